The Morgan fingerprint density at radius 2 is 2.08 bits per heavy atom. The first kappa shape index (κ1) is 19.1. The van der Waals surface area contributed by atoms with Crippen molar-refractivity contribution in [1.29, 1.82) is 0 Å². The third kappa shape index (κ3) is 5.43. The zero-order chi connectivity index (χ0) is 17.7. The van der Waals surface area contributed by atoms with Crippen molar-refractivity contribution in [2.75, 3.05) is 53.6 Å². The second-order valence-electron chi connectivity index (χ2n) is 7.44. The Labute approximate surface area is 144 Å². The highest BCUT2D eigenvalue weighted by Gasteiger charge is 2.38. The molecule has 2 amide bonds. The predicted octanol–water partition coefficient (Wildman–Crippen LogP) is 0.524. The highest BCUT2D eigenvalue weighted by Crippen LogP contribution is 2.25. The average molecular weight is 342 g/mol. The molecular weight excluding hydrogens is 312 g/mol. The fourth-order valence-electron chi connectivity index (χ4n) is 3.15. The second kappa shape index (κ2) is 8.27. The fraction of sp³-hybridized carbons (Fsp3) is 0.882. The van der Waals surface area contributed by atoms with E-state index in [4.69, 9.17) is 14.2 Å². The molecule has 138 valence electrons. The van der Waals surface area contributed by atoms with E-state index >= 15 is 0 Å². The molecule has 0 N–H and O–H groups in total. The Morgan fingerprint density at radius 1 is 1.33 bits per heavy atom. The van der Waals surface area contributed by atoms with Crippen LogP contribution in [0.3, 0.4) is 0 Å². The number of nitrogens with zero attached hydrogens (tertiary/aromatic N) is 2. The summed E-state index contributed by atoms with van der Waals surface area (Å²) in [4.78, 5) is 27.7. The van der Waals surface area contributed by atoms with E-state index in [0.29, 0.717) is 26.3 Å². The number of likely N-dealkylation sites (N-methyl/N-ethyl adjacent to an activating group) is 1. The van der Waals surface area contributed by atoms with Crippen LogP contribution in [0.15, 0.2) is 0 Å². The molecular formula is C17H30N2O5. The number of carbonyl (C=O) groups is 2. The molecule has 7 nitrogen and oxygen atoms in total. The Morgan fingerprint density at radius 3 is 2.71 bits per heavy atom. The van der Waals surface area contributed by atoms with Crippen molar-refractivity contribution >= 4 is 11.8 Å². The number of hydrogen-bond donors (Lipinski definition) is 0. The highest BCUT2D eigenvalue weighted by molar-refractivity contribution is 5.79. The summed E-state index contributed by atoms with van der Waals surface area (Å²) < 4.78 is 16.9. The molecule has 2 unspecified atom stereocenters. The minimum Gasteiger partial charge on any atom is -0.381 e. The fourth-order valence-corrected chi connectivity index (χ4v) is 3.15. The van der Waals surface area contributed by atoms with Gasteiger partial charge in [0.05, 0.1) is 30.8 Å². The third-order valence-electron chi connectivity index (χ3n) is 4.33. The molecule has 0 aliphatic carbocycles. The van der Waals surface area contributed by atoms with Crippen LogP contribution in [0.5, 0.6) is 0 Å². The predicted molar refractivity (Wildman–Crippen MR) is 88.6 cm³/mol. The van der Waals surface area contributed by atoms with Gasteiger partial charge in [-0.25, -0.2) is 0 Å². The van der Waals surface area contributed by atoms with Crippen molar-refractivity contribution in [3.05, 3.63) is 0 Å². The normalized spacial score (nSPS) is 26.9. The molecule has 0 aromatic carbocycles. The summed E-state index contributed by atoms with van der Waals surface area (Å²) >= 11 is 0. The van der Waals surface area contributed by atoms with Crippen molar-refractivity contribution in [1.82, 2.24) is 9.80 Å². The SMILES string of the molecule is CN(C)C(=O)COCC1CN(C(=O)C2CCCOC2)CC(C)(C)O1. The van der Waals surface area contributed by atoms with Crippen molar-refractivity contribution < 1.29 is 23.8 Å². The maximum atomic E-state index is 12.7. The summed E-state index contributed by atoms with van der Waals surface area (Å²) in [6.07, 6.45) is 1.59. The Kier molecular flexibility index (Phi) is 6.60. The molecule has 2 rings (SSSR count). The van der Waals surface area contributed by atoms with Crippen LogP contribution >= 0.6 is 0 Å². The number of ether oxygens (including phenoxy) is 3. The van der Waals surface area contributed by atoms with E-state index in [0.717, 1.165) is 19.4 Å². The first-order valence-electron chi connectivity index (χ1n) is 8.61. The van der Waals surface area contributed by atoms with Crippen LogP contribution in [-0.4, -0.2) is 86.9 Å². The lowest BCUT2D eigenvalue weighted by Gasteiger charge is -2.44. The summed E-state index contributed by atoms with van der Waals surface area (Å²) in [5, 5.41) is 0. The molecule has 2 aliphatic rings. The molecule has 0 saturated carbocycles. The summed E-state index contributed by atoms with van der Waals surface area (Å²) in [6, 6.07) is 0. The van der Waals surface area contributed by atoms with Gasteiger partial charge in [-0.3, -0.25) is 9.59 Å². The van der Waals surface area contributed by atoms with Crippen molar-refractivity contribution in [2.24, 2.45) is 5.92 Å². The van der Waals surface area contributed by atoms with Crippen LogP contribution in [0, 0.1) is 5.92 Å². The Bertz CT molecular complexity index is 446. The van der Waals surface area contributed by atoms with Gasteiger partial charge >= 0.3 is 0 Å². The molecule has 2 fully saturated rings. The molecule has 0 spiro atoms. The molecule has 24 heavy (non-hydrogen) atoms. The lowest BCUT2D eigenvalue weighted by atomic mass is 9.98. The maximum absolute atomic E-state index is 12.7. The standard InChI is InChI=1S/C17H30N2O5/c1-17(2)12-19(16(21)13-6-5-7-22-9-13)8-14(24-17)10-23-11-15(20)18(3)4/h13-14H,5-12H2,1-4H3. The van der Waals surface area contributed by atoms with E-state index in [1.165, 1.54) is 4.90 Å². The van der Waals surface area contributed by atoms with E-state index in [9.17, 15) is 9.59 Å². The van der Waals surface area contributed by atoms with Gasteiger partial charge in [-0.05, 0) is 26.7 Å². The molecule has 0 bridgehead atoms. The van der Waals surface area contributed by atoms with Gasteiger partial charge in [-0.15, -0.1) is 0 Å². The van der Waals surface area contributed by atoms with Crippen molar-refractivity contribution in [3.8, 4) is 0 Å². The topological polar surface area (TPSA) is 68.3 Å². The number of morpholine rings is 1. The molecule has 7 heteroatoms. The summed E-state index contributed by atoms with van der Waals surface area (Å²) in [5.74, 6) is 0.00216. The summed E-state index contributed by atoms with van der Waals surface area (Å²) in [7, 11) is 3.39. The Balaban J connectivity index is 1.88. The van der Waals surface area contributed by atoms with Gasteiger partial charge in [0.1, 0.15) is 6.61 Å². The lowest BCUT2D eigenvalue weighted by molar-refractivity contribution is -0.176. The molecule has 0 aromatic rings. The van der Waals surface area contributed by atoms with Crippen LogP contribution in [0.1, 0.15) is 26.7 Å². The highest BCUT2D eigenvalue weighted by atomic mass is 16.6. The number of carbonyl (C=O) groups excluding carboxylic acids is 2. The van der Waals surface area contributed by atoms with Crippen LogP contribution < -0.4 is 0 Å². The summed E-state index contributed by atoms with van der Waals surface area (Å²) in [6.45, 7) is 6.59. The van der Waals surface area contributed by atoms with Gasteiger partial charge in [0.25, 0.3) is 0 Å². The monoisotopic (exact) mass is 342 g/mol. The Hall–Kier alpha value is -1.18. The molecule has 0 radical (unpaired) electrons. The van der Waals surface area contributed by atoms with Crippen molar-refractivity contribution in [3.63, 3.8) is 0 Å². The van der Waals surface area contributed by atoms with E-state index in [2.05, 4.69) is 0 Å². The minimum atomic E-state index is -0.428. The van der Waals surface area contributed by atoms with Crippen LogP contribution in [-0.2, 0) is 23.8 Å². The van der Waals surface area contributed by atoms with E-state index in [-0.39, 0.29) is 30.4 Å². The van der Waals surface area contributed by atoms with Gasteiger partial charge in [-0.1, -0.05) is 0 Å². The second-order valence-corrected chi connectivity index (χ2v) is 7.44. The molecule has 2 aliphatic heterocycles. The first-order valence-corrected chi connectivity index (χ1v) is 8.61. The number of hydrogen-bond acceptors (Lipinski definition) is 5. The van der Waals surface area contributed by atoms with Gasteiger partial charge in [0, 0.05) is 33.8 Å². The molecule has 2 heterocycles. The zero-order valence-corrected chi connectivity index (χ0v) is 15.2. The quantitative estimate of drug-likeness (QED) is 0.729. The van der Waals surface area contributed by atoms with Crippen LogP contribution in [0.25, 0.3) is 0 Å². The summed E-state index contributed by atoms with van der Waals surface area (Å²) in [5.41, 5.74) is -0.428. The van der Waals surface area contributed by atoms with E-state index < -0.39 is 5.60 Å². The molecule has 2 saturated heterocycles. The van der Waals surface area contributed by atoms with Crippen LogP contribution in [0.4, 0.5) is 0 Å². The van der Waals surface area contributed by atoms with Gasteiger partial charge in [-0.2, -0.15) is 0 Å². The maximum Gasteiger partial charge on any atom is 0.248 e. The molecule has 0 aromatic heterocycles. The zero-order valence-electron chi connectivity index (χ0n) is 15.2. The lowest BCUT2D eigenvalue weighted by Crippen LogP contribution is -2.57. The minimum absolute atomic E-state index is 0.0255. The smallest absolute Gasteiger partial charge is 0.248 e. The van der Waals surface area contributed by atoms with Crippen LogP contribution in [0.2, 0.25) is 0 Å². The van der Waals surface area contributed by atoms with E-state index in [1.54, 1.807) is 14.1 Å². The largest absolute Gasteiger partial charge is 0.381 e. The number of rotatable bonds is 5. The van der Waals surface area contributed by atoms with Gasteiger partial charge < -0.3 is 24.0 Å². The average Bonchev–Trinajstić information content (AvgIpc) is 2.53. The first-order chi connectivity index (χ1) is 11.3. The van der Waals surface area contributed by atoms with E-state index in [1.807, 2.05) is 18.7 Å². The van der Waals surface area contributed by atoms with Gasteiger partial charge in [0.2, 0.25) is 11.8 Å². The van der Waals surface area contributed by atoms with Gasteiger partial charge in [0.15, 0.2) is 0 Å². The molecule has 2 atom stereocenters. The van der Waals surface area contributed by atoms with Crippen molar-refractivity contribution in [2.45, 2.75) is 38.4 Å². The number of amides is 2. The third-order valence-corrected chi connectivity index (χ3v) is 4.33.